The van der Waals surface area contributed by atoms with E-state index in [-0.39, 0.29) is 17.7 Å². The van der Waals surface area contributed by atoms with Crippen LogP contribution in [-0.4, -0.2) is 30.9 Å². The number of carbonyl (C=O) groups is 1. The number of aromatic nitrogens is 1. The third-order valence-corrected chi connectivity index (χ3v) is 8.69. The molecule has 9 nitrogen and oxygen atoms in total. The predicted molar refractivity (Wildman–Crippen MR) is 179 cm³/mol. The highest BCUT2D eigenvalue weighted by Gasteiger charge is 2.31. The average molecular weight is 646 g/mol. The number of carbonyl (C=O) groups excluding carboxylic acids is 1. The van der Waals surface area contributed by atoms with E-state index < -0.39 is 12.0 Å². The lowest BCUT2D eigenvalue weighted by Gasteiger charge is -2.23. The van der Waals surface area contributed by atoms with E-state index in [0.717, 1.165) is 21.9 Å². The second-order valence-electron chi connectivity index (χ2n) is 10.5. The van der Waals surface area contributed by atoms with Crippen molar-refractivity contribution in [3.05, 3.63) is 133 Å². The predicted octanol–water partition coefficient (Wildman–Crippen LogP) is 5.42. The van der Waals surface area contributed by atoms with Crippen molar-refractivity contribution >= 4 is 34.2 Å². The molecule has 0 saturated carbocycles. The fourth-order valence-electron chi connectivity index (χ4n) is 5.51. The van der Waals surface area contributed by atoms with E-state index in [0.29, 0.717) is 50.9 Å². The Morgan fingerprint density at radius 1 is 0.957 bits per heavy atom. The molecule has 10 heteroatoms. The van der Waals surface area contributed by atoms with E-state index in [2.05, 4.69) is 11.1 Å². The third kappa shape index (κ3) is 6.26. The fourth-order valence-corrected chi connectivity index (χ4v) is 6.46. The van der Waals surface area contributed by atoms with Crippen LogP contribution in [0.3, 0.4) is 0 Å². The number of esters is 1. The molecule has 236 valence electrons. The van der Waals surface area contributed by atoms with Gasteiger partial charge in [0.05, 0.1) is 48.1 Å². The summed E-state index contributed by atoms with van der Waals surface area (Å²) >= 11 is 1.23. The summed E-state index contributed by atoms with van der Waals surface area (Å²) in [5.41, 5.74) is 2.77. The Kier molecular flexibility index (Phi) is 9.18. The summed E-state index contributed by atoms with van der Waals surface area (Å²) in [6, 6.07) is 25.7. The van der Waals surface area contributed by atoms with Gasteiger partial charge in [0.2, 0.25) is 0 Å². The van der Waals surface area contributed by atoms with Crippen LogP contribution in [0.2, 0.25) is 0 Å². The molecule has 0 amide bonds. The molecule has 0 aliphatic carbocycles. The van der Waals surface area contributed by atoms with Crippen molar-refractivity contribution in [2.75, 3.05) is 20.3 Å². The summed E-state index contributed by atoms with van der Waals surface area (Å²) in [6.45, 7) is 4.90. The first kappa shape index (κ1) is 31.3. The lowest BCUT2D eigenvalue weighted by Crippen LogP contribution is -2.39. The zero-order valence-corrected chi connectivity index (χ0v) is 26.9. The third-order valence-electron chi connectivity index (χ3n) is 7.69. The van der Waals surface area contributed by atoms with E-state index in [4.69, 9.17) is 24.2 Å². The largest absolute Gasteiger partial charge is 0.490 e. The van der Waals surface area contributed by atoms with Gasteiger partial charge in [-0.25, -0.2) is 9.79 Å². The first-order valence-corrected chi connectivity index (χ1v) is 15.9. The van der Waals surface area contributed by atoms with Gasteiger partial charge in [-0.15, -0.1) is 0 Å². The highest BCUT2D eigenvalue weighted by Crippen LogP contribution is 2.35. The first-order chi connectivity index (χ1) is 22.9. The molecule has 0 unspecified atom stereocenters. The van der Waals surface area contributed by atoms with Crippen LogP contribution in [0.5, 0.6) is 17.2 Å². The van der Waals surface area contributed by atoms with Gasteiger partial charge in [0, 0.05) is 11.8 Å². The molecule has 0 spiro atoms. The second kappa shape index (κ2) is 13.8. The van der Waals surface area contributed by atoms with Gasteiger partial charge in [-0.3, -0.25) is 9.36 Å². The maximum Gasteiger partial charge on any atom is 0.337 e. The van der Waals surface area contributed by atoms with Gasteiger partial charge in [-0.05, 0) is 72.2 Å². The Morgan fingerprint density at radius 2 is 1.70 bits per heavy atom. The van der Waals surface area contributed by atoms with Gasteiger partial charge in [-0.2, -0.15) is 5.26 Å². The summed E-state index contributed by atoms with van der Waals surface area (Å²) < 4.78 is 25.0. The zero-order chi connectivity index (χ0) is 32.9. The highest BCUT2D eigenvalue weighted by molar-refractivity contribution is 7.07. The van der Waals surface area contributed by atoms with Crippen LogP contribution in [-0.2, 0) is 16.1 Å². The zero-order valence-electron chi connectivity index (χ0n) is 26.1. The molecule has 0 bridgehead atoms. The Hall–Kier alpha value is -5.66. The van der Waals surface area contributed by atoms with Gasteiger partial charge in [0.25, 0.3) is 5.56 Å². The number of nitriles is 1. The van der Waals surface area contributed by atoms with Crippen molar-refractivity contribution in [1.29, 1.82) is 5.26 Å². The number of rotatable bonds is 10. The molecule has 0 fully saturated rings. The minimum Gasteiger partial charge on any atom is -0.490 e. The Balaban J connectivity index is 1.49. The molecule has 47 heavy (non-hydrogen) atoms. The molecule has 1 atom stereocenters. The van der Waals surface area contributed by atoms with Gasteiger partial charge in [-0.1, -0.05) is 59.9 Å². The standard InChI is InChI=1S/C37H31N3O6S/c1-4-44-31-17-15-26(18-32(31)45-5-2)34-29(36(42)43-3)21-39-37-40(34)35(41)33(47-37)19-28-27-9-7-6-8-25(27)14-16-30(28)46-22-24-12-10-23(20-38)11-13-24/h6-19,21,34H,4-5,22H2,1-3H3/b33-19+/t34-/m1/s1. The summed E-state index contributed by atoms with van der Waals surface area (Å²) in [5, 5.41) is 11.0. The van der Waals surface area contributed by atoms with Crippen molar-refractivity contribution < 1.29 is 23.7 Å². The molecular formula is C37H31N3O6S. The van der Waals surface area contributed by atoms with Crippen molar-refractivity contribution in [1.82, 2.24) is 4.57 Å². The molecule has 5 aromatic rings. The van der Waals surface area contributed by atoms with Crippen LogP contribution in [0.25, 0.3) is 16.8 Å². The second-order valence-corrected chi connectivity index (χ2v) is 11.6. The molecule has 0 N–H and O–H groups in total. The van der Waals surface area contributed by atoms with Crippen molar-refractivity contribution in [3.8, 4) is 23.3 Å². The minimum atomic E-state index is -0.810. The number of hydrogen-bond donors (Lipinski definition) is 0. The molecule has 6 rings (SSSR count). The molecule has 4 aromatic carbocycles. The fraction of sp³-hybridized carbons (Fsp3) is 0.189. The lowest BCUT2D eigenvalue weighted by atomic mass is 9.97. The lowest BCUT2D eigenvalue weighted by molar-refractivity contribution is -0.136. The topological polar surface area (TPSA) is 112 Å². The van der Waals surface area contributed by atoms with Crippen LogP contribution in [0, 0.1) is 11.3 Å². The maximum absolute atomic E-state index is 14.3. The van der Waals surface area contributed by atoms with Crippen molar-refractivity contribution in [3.63, 3.8) is 0 Å². The van der Waals surface area contributed by atoms with Gasteiger partial charge in [0.15, 0.2) is 16.3 Å². The summed E-state index contributed by atoms with van der Waals surface area (Å²) in [5.74, 6) is 1.08. The number of ether oxygens (including phenoxy) is 4. The normalized spacial score (nSPS) is 14.0. The summed E-state index contributed by atoms with van der Waals surface area (Å²) in [6.07, 6.45) is 3.29. The SMILES string of the molecule is CCOc1ccc([C@@H]2C(C(=O)OC)=CN=c3s/c(=C/c4c(OCc5ccc(C#N)cc5)ccc5ccccc45)c(=O)n32)cc1OCC. The first-order valence-electron chi connectivity index (χ1n) is 15.1. The van der Waals surface area contributed by atoms with Gasteiger partial charge in [0.1, 0.15) is 12.4 Å². The van der Waals surface area contributed by atoms with Crippen LogP contribution in [0.4, 0.5) is 0 Å². The number of nitrogens with zero attached hydrogens (tertiary/aromatic N) is 3. The van der Waals surface area contributed by atoms with E-state index in [9.17, 15) is 9.59 Å². The Bertz CT molecular complexity index is 2230. The van der Waals surface area contributed by atoms with Crippen molar-refractivity contribution in [2.45, 2.75) is 26.5 Å². The van der Waals surface area contributed by atoms with Gasteiger partial charge >= 0.3 is 5.97 Å². The number of benzene rings is 4. The van der Waals surface area contributed by atoms with E-state index in [1.807, 2.05) is 74.5 Å². The van der Waals surface area contributed by atoms with Crippen LogP contribution < -0.4 is 29.1 Å². The smallest absolute Gasteiger partial charge is 0.337 e. The number of fused-ring (bicyclic) bond motifs is 2. The number of methoxy groups -OCH3 is 1. The molecule has 1 aromatic heterocycles. The molecule has 1 aliphatic heterocycles. The molecule has 0 radical (unpaired) electrons. The Morgan fingerprint density at radius 3 is 2.45 bits per heavy atom. The maximum atomic E-state index is 14.3. The van der Waals surface area contributed by atoms with Gasteiger partial charge < -0.3 is 18.9 Å². The quantitative estimate of drug-likeness (QED) is 0.187. The van der Waals surface area contributed by atoms with E-state index in [1.165, 1.54) is 29.2 Å². The molecular weight excluding hydrogens is 614 g/mol. The van der Waals surface area contributed by atoms with Crippen LogP contribution in [0.15, 0.2) is 100 Å². The average Bonchev–Trinajstić information content (AvgIpc) is 3.42. The number of thiazole rings is 1. The number of hydrogen-bond acceptors (Lipinski definition) is 9. The summed E-state index contributed by atoms with van der Waals surface area (Å²) in [4.78, 5) is 32.3. The minimum absolute atomic E-state index is 0.217. The van der Waals surface area contributed by atoms with E-state index in [1.54, 1.807) is 24.3 Å². The highest BCUT2D eigenvalue weighted by atomic mass is 32.1. The van der Waals surface area contributed by atoms with Crippen LogP contribution >= 0.6 is 11.3 Å². The van der Waals surface area contributed by atoms with E-state index >= 15 is 0 Å². The Labute approximate surface area is 274 Å². The van der Waals surface area contributed by atoms with Crippen molar-refractivity contribution in [2.24, 2.45) is 4.99 Å². The monoisotopic (exact) mass is 645 g/mol. The van der Waals surface area contributed by atoms with Crippen LogP contribution in [0.1, 0.15) is 42.1 Å². The molecule has 1 aliphatic rings. The molecule has 0 saturated heterocycles. The summed E-state index contributed by atoms with van der Waals surface area (Å²) in [7, 11) is 1.30. The molecule has 2 heterocycles.